The number of hydrogen-bond acceptors (Lipinski definition) is 3. The van der Waals surface area contributed by atoms with Crippen molar-refractivity contribution in [1.82, 2.24) is 5.32 Å². The minimum Gasteiger partial charge on any atom is -0.481 e. The molecule has 17 heavy (non-hydrogen) atoms. The van der Waals surface area contributed by atoms with Crippen LogP contribution >= 0.6 is 0 Å². The number of furan rings is 1. The van der Waals surface area contributed by atoms with Gasteiger partial charge < -0.3 is 14.8 Å². The number of aryl methyl sites for hydroxylation is 1. The van der Waals surface area contributed by atoms with Crippen LogP contribution in [0.2, 0.25) is 0 Å². The molecule has 0 aromatic carbocycles. The van der Waals surface area contributed by atoms with E-state index in [4.69, 9.17) is 9.52 Å². The van der Waals surface area contributed by atoms with Crippen LogP contribution < -0.4 is 5.32 Å². The summed E-state index contributed by atoms with van der Waals surface area (Å²) in [5.41, 5.74) is 0. The molecule has 0 radical (unpaired) electrons. The fraction of sp³-hybridized carbons (Fsp3) is 0.500. The number of carboxylic acid groups (broad SMARTS) is 1. The quantitative estimate of drug-likeness (QED) is 0.831. The van der Waals surface area contributed by atoms with E-state index in [1.807, 2.05) is 26.0 Å². The van der Waals surface area contributed by atoms with Crippen molar-refractivity contribution in [3.05, 3.63) is 23.7 Å². The lowest BCUT2D eigenvalue weighted by atomic mass is 10.2. The van der Waals surface area contributed by atoms with Crippen molar-refractivity contribution in [3.8, 4) is 0 Å². The van der Waals surface area contributed by atoms with Gasteiger partial charge in [0.1, 0.15) is 11.5 Å². The molecule has 1 aliphatic rings. The fourth-order valence-electron chi connectivity index (χ4n) is 1.84. The number of amides is 1. The average Bonchev–Trinajstić information content (AvgIpc) is 2.95. The molecule has 5 nitrogen and oxygen atoms in total. The third kappa shape index (κ3) is 2.49. The summed E-state index contributed by atoms with van der Waals surface area (Å²) in [7, 11) is 0. The van der Waals surface area contributed by atoms with Gasteiger partial charge >= 0.3 is 5.97 Å². The summed E-state index contributed by atoms with van der Waals surface area (Å²) in [5, 5.41) is 11.5. The second kappa shape index (κ2) is 4.24. The van der Waals surface area contributed by atoms with Gasteiger partial charge in [-0.1, -0.05) is 0 Å². The normalized spacial score (nSPS) is 24.1. The topological polar surface area (TPSA) is 79.5 Å². The minimum atomic E-state index is -0.897. The second-order valence-corrected chi connectivity index (χ2v) is 4.47. The Morgan fingerprint density at radius 1 is 1.47 bits per heavy atom. The Bertz CT molecular complexity index is 451. The molecule has 0 spiro atoms. The molecule has 92 valence electrons. The first-order valence-electron chi connectivity index (χ1n) is 5.58. The van der Waals surface area contributed by atoms with Crippen LogP contribution in [0.3, 0.4) is 0 Å². The van der Waals surface area contributed by atoms with Crippen molar-refractivity contribution in [1.29, 1.82) is 0 Å². The van der Waals surface area contributed by atoms with E-state index in [-0.39, 0.29) is 17.9 Å². The van der Waals surface area contributed by atoms with E-state index >= 15 is 0 Å². The Hall–Kier alpha value is -1.78. The van der Waals surface area contributed by atoms with Crippen LogP contribution in [0.4, 0.5) is 0 Å². The van der Waals surface area contributed by atoms with Gasteiger partial charge in [0.2, 0.25) is 5.91 Å². The molecular weight excluding hydrogens is 222 g/mol. The largest absolute Gasteiger partial charge is 0.481 e. The number of hydrogen-bond donors (Lipinski definition) is 2. The van der Waals surface area contributed by atoms with E-state index in [1.165, 1.54) is 0 Å². The lowest BCUT2D eigenvalue weighted by Crippen LogP contribution is -2.28. The monoisotopic (exact) mass is 237 g/mol. The van der Waals surface area contributed by atoms with Gasteiger partial charge in [-0.3, -0.25) is 9.59 Å². The van der Waals surface area contributed by atoms with E-state index in [2.05, 4.69) is 5.32 Å². The maximum atomic E-state index is 11.7. The van der Waals surface area contributed by atoms with Gasteiger partial charge in [0.25, 0.3) is 0 Å². The molecule has 1 aromatic rings. The van der Waals surface area contributed by atoms with E-state index in [1.54, 1.807) is 0 Å². The molecule has 3 atom stereocenters. The van der Waals surface area contributed by atoms with Crippen molar-refractivity contribution in [2.75, 3.05) is 0 Å². The molecule has 0 aliphatic heterocycles. The van der Waals surface area contributed by atoms with E-state index in [0.29, 0.717) is 12.2 Å². The molecule has 0 bridgehead atoms. The first-order valence-corrected chi connectivity index (χ1v) is 5.58. The zero-order valence-electron chi connectivity index (χ0n) is 9.77. The molecule has 1 aliphatic carbocycles. The highest BCUT2D eigenvalue weighted by atomic mass is 16.4. The number of carbonyl (C=O) groups is 2. The van der Waals surface area contributed by atoms with Crippen LogP contribution in [-0.2, 0) is 9.59 Å². The summed E-state index contributed by atoms with van der Waals surface area (Å²) in [4.78, 5) is 22.3. The van der Waals surface area contributed by atoms with E-state index in [9.17, 15) is 9.59 Å². The third-order valence-corrected chi connectivity index (χ3v) is 2.99. The standard InChI is InChI=1S/C12H15NO4/c1-6-3-4-10(17-6)7(2)13-11(14)8-5-9(8)12(15)16/h3-4,7-9H,5H2,1-2H3,(H,13,14)(H,15,16). The summed E-state index contributed by atoms with van der Waals surface area (Å²) < 4.78 is 5.39. The van der Waals surface area contributed by atoms with E-state index < -0.39 is 11.9 Å². The second-order valence-electron chi connectivity index (χ2n) is 4.47. The summed E-state index contributed by atoms with van der Waals surface area (Å²) in [6.45, 7) is 3.65. The highest BCUT2D eigenvalue weighted by Crippen LogP contribution is 2.39. The highest BCUT2D eigenvalue weighted by molar-refractivity contribution is 5.89. The fourth-order valence-corrected chi connectivity index (χ4v) is 1.84. The lowest BCUT2D eigenvalue weighted by Gasteiger charge is -2.10. The van der Waals surface area contributed by atoms with E-state index in [0.717, 1.165) is 5.76 Å². The van der Waals surface area contributed by atoms with Gasteiger partial charge in [0, 0.05) is 0 Å². The van der Waals surface area contributed by atoms with Crippen LogP contribution in [0.25, 0.3) is 0 Å². The Morgan fingerprint density at radius 3 is 2.65 bits per heavy atom. The summed E-state index contributed by atoms with van der Waals surface area (Å²) in [6, 6.07) is 3.41. The molecule has 2 N–H and O–H groups in total. The molecule has 1 saturated carbocycles. The van der Waals surface area contributed by atoms with Crippen molar-refractivity contribution in [3.63, 3.8) is 0 Å². The van der Waals surface area contributed by atoms with Crippen LogP contribution in [0.5, 0.6) is 0 Å². The zero-order valence-corrected chi connectivity index (χ0v) is 9.77. The zero-order chi connectivity index (χ0) is 12.6. The molecule has 1 aromatic heterocycles. The maximum Gasteiger partial charge on any atom is 0.307 e. The molecule has 5 heteroatoms. The maximum absolute atomic E-state index is 11.7. The first-order chi connectivity index (χ1) is 7.99. The predicted molar refractivity (Wildman–Crippen MR) is 59.2 cm³/mol. The molecule has 3 unspecified atom stereocenters. The summed E-state index contributed by atoms with van der Waals surface area (Å²) in [6.07, 6.45) is 0.436. The van der Waals surface area contributed by atoms with Crippen LogP contribution in [-0.4, -0.2) is 17.0 Å². The van der Waals surface area contributed by atoms with Crippen LogP contribution in [0.15, 0.2) is 16.5 Å². The van der Waals surface area contributed by atoms with Gasteiger partial charge in [0.15, 0.2) is 0 Å². The van der Waals surface area contributed by atoms with Gasteiger partial charge in [-0.05, 0) is 32.4 Å². The van der Waals surface area contributed by atoms with Gasteiger partial charge in [0.05, 0.1) is 17.9 Å². The molecule has 1 fully saturated rings. The highest BCUT2D eigenvalue weighted by Gasteiger charge is 2.48. The number of carbonyl (C=O) groups excluding carboxylic acids is 1. The van der Waals surface area contributed by atoms with Gasteiger partial charge in [-0.2, -0.15) is 0 Å². The molecule has 2 rings (SSSR count). The Morgan fingerprint density at radius 2 is 2.18 bits per heavy atom. The van der Waals surface area contributed by atoms with Crippen LogP contribution in [0, 0.1) is 18.8 Å². The van der Waals surface area contributed by atoms with Crippen molar-refractivity contribution in [2.24, 2.45) is 11.8 Å². The molecular formula is C12H15NO4. The Kier molecular flexibility index (Phi) is 2.92. The SMILES string of the molecule is Cc1ccc(C(C)NC(=O)C2CC2C(=O)O)o1. The van der Waals surface area contributed by atoms with Crippen molar-refractivity contribution >= 4 is 11.9 Å². The number of aliphatic carboxylic acids is 1. The van der Waals surface area contributed by atoms with Gasteiger partial charge in [-0.15, -0.1) is 0 Å². The minimum absolute atomic E-state index is 0.209. The number of carboxylic acids is 1. The van der Waals surface area contributed by atoms with Crippen molar-refractivity contribution < 1.29 is 19.1 Å². The Labute approximate surface area is 98.8 Å². The first kappa shape index (κ1) is 11.7. The Balaban J connectivity index is 1.90. The summed E-state index contributed by atoms with van der Waals surface area (Å²) >= 11 is 0. The van der Waals surface area contributed by atoms with Crippen molar-refractivity contribution in [2.45, 2.75) is 26.3 Å². The average molecular weight is 237 g/mol. The molecule has 0 saturated heterocycles. The third-order valence-electron chi connectivity index (χ3n) is 2.99. The summed E-state index contributed by atoms with van der Waals surface area (Å²) in [5.74, 6) is -0.531. The molecule has 1 heterocycles. The molecule has 1 amide bonds. The predicted octanol–water partition coefficient (Wildman–Crippen LogP) is 1.49. The van der Waals surface area contributed by atoms with Gasteiger partial charge in [-0.25, -0.2) is 0 Å². The van der Waals surface area contributed by atoms with Crippen LogP contribution in [0.1, 0.15) is 30.9 Å². The number of rotatable bonds is 4. The number of nitrogens with one attached hydrogen (secondary N) is 1. The smallest absolute Gasteiger partial charge is 0.307 e. The lowest BCUT2D eigenvalue weighted by molar-refractivity contribution is -0.140.